The third-order valence-electron chi connectivity index (χ3n) is 2.30. The lowest BCUT2D eigenvalue weighted by Crippen LogP contribution is -2.05. The van der Waals surface area contributed by atoms with Crippen LogP contribution in [-0.4, -0.2) is 10.7 Å². The van der Waals surface area contributed by atoms with Crippen LogP contribution < -0.4 is 0 Å². The number of nitro groups is 1. The molecule has 0 heterocycles. The second-order valence-electron chi connectivity index (χ2n) is 3.20. The molecule has 1 aromatic carbocycles. The van der Waals surface area contributed by atoms with Crippen LogP contribution in [0.2, 0.25) is 0 Å². The Morgan fingerprint density at radius 3 is 2.53 bits per heavy atom. The van der Waals surface area contributed by atoms with Gasteiger partial charge in [-0.2, -0.15) is 0 Å². The summed E-state index contributed by atoms with van der Waals surface area (Å²) in [5.74, 6) is -0.183. The van der Waals surface area contributed by atoms with E-state index in [4.69, 9.17) is 0 Å². The summed E-state index contributed by atoms with van der Waals surface area (Å²) < 4.78 is 0. The van der Waals surface area contributed by atoms with Crippen molar-refractivity contribution in [3.63, 3.8) is 0 Å². The highest BCUT2D eigenvalue weighted by atomic mass is 16.6. The summed E-state index contributed by atoms with van der Waals surface area (Å²) >= 11 is 0. The van der Waals surface area contributed by atoms with Crippen molar-refractivity contribution in [3.05, 3.63) is 39.4 Å². The summed E-state index contributed by atoms with van der Waals surface area (Å²) in [6.45, 7) is 3.53. The van der Waals surface area contributed by atoms with Gasteiger partial charge in [-0.05, 0) is 12.5 Å². The molecule has 0 N–H and O–H groups in total. The minimum Gasteiger partial charge on any atom is -0.294 e. The van der Waals surface area contributed by atoms with E-state index in [9.17, 15) is 14.9 Å². The van der Waals surface area contributed by atoms with Gasteiger partial charge in [0.2, 0.25) is 0 Å². The molecular formula is C11H13NO3. The zero-order valence-electron chi connectivity index (χ0n) is 8.82. The Labute approximate surface area is 88.1 Å². The van der Waals surface area contributed by atoms with E-state index in [0.29, 0.717) is 12.0 Å². The first-order chi connectivity index (χ1) is 7.11. The monoisotopic (exact) mass is 207 g/mol. The van der Waals surface area contributed by atoms with Crippen LogP contribution in [0.3, 0.4) is 0 Å². The smallest absolute Gasteiger partial charge is 0.283 e. The highest BCUT2D eigenvalue weighted by Crippen LogP contribution is 2.25. The Balaban J connectivity index is 3.38. The van der Waals surface area contributed by atoms with Crippen molar-refractivity contribution in [2.45, 2.75) is 26.7 Å². The highest BCUT2D eigenvalue weighted by molar-refractivity contribution is 6.00. The maximum Gasteiger partial charge on any atom is 0.283 e. The largest absolute Gasteiger partial charge is 0.294 e. The number of nitrogens with zero attached hydrogens (tertiary/aromatic N) is 1. The SMILES string of the molecule is CCC(=O)c1cccc(CC)c1[N+](=O)[O-]. The van der Waals surface area contributed by atoms with Gasteiger partial charge < -0.3 is 0 Å². The first kappa shape index (κ1) is 11.4. The van der Waals surface area contributed by atoms with Gasteiger partial charge in [-0.25, -0.2) is 0 Å². The number of benzene rings is 1. The minimum atomic E-state index is -0.471. The van der Waals surface area contributed by atoms with Crippen LogP contribution >= 0.6 is 0 Å². The van der Waals surface area contributed by atoms with Crippen molar-refractivity contribution in [1.29, 1.82) is 0 Å². The van der Waals surface area contributed by atoms with Gasteiger partial charge in [0.05, 0.1) is 10.5 Å². The minimum absolute atomic E-state index is 0.0353. The third-order valence-corrected chi connectivity index (χ3v) is 2.30. The van der Waals surface area contributed by atoms with Gasteiger partial charge in [0.25, 0.3) is 5.69 Å². The van der Waals surface area contributed by atoms with Crippen molar-refractivity contribution in [1.82, 2.24) is 0 Å². The fourth-order valence-corrected chi connectivity index (χ4v) is 1.51. The molecule has 0 saturated carbocycles. The van der Waals surface area contributed by atoms with E-state index in [2.05, 4.69) is 0 Å². The third kappa shape index (κ3) is 2.21. The zero-order valence-corrected chi connectivity index (χ0v) is 8.82. The first-order valence-electron chi connectivity index (χ1n) is 4.91. The van der Waals surface area contributed by atoms with Crippen molar-refractivity contribution >= 4 is 11.5 Å². The second kappa shape index (κ2) is 4.68. The number of rotatable bonds is 4. The summed E-state index contributed by atoms with van der Waals surface area (Å²) in [5, 5.41) is 10.9. The number of Topliss-reactive ketones (excluding diaryl/α,β-unsaturated/α-hetero) is 1. The summed E-state index contributed by atoms with van der Waals surface area (Å²) in [6, 6.07) is 4.89. The van der Waals surface area contributed by atoms with Crippen LogP contribution in [0.25, 0.3) is 0 Å². The molecule has 0 aromatic heterocycles. The Morgan fingerprint density at radius 2 is 2.07 bits per heavy atom. The molecule has 0 fully saturated rings. The molecule has 0 unspecified atom stereocenters. The van der Waals surface area contributed by atoms with Crippen molar-refractivity contribution < 1.29 is 9.72 Å². The fourth-order valence-electron chi connectivity index (χ4n) is 1.51. The molecule has 0 saturated heterocycles. The van der Waals surface area contributed by atoms with E-state index in [0.717, 1.165) is 0 Å². The predicted molar refractivity (Wildman–Crippen MR) is 57.1 cm³/mol. The number of nitro benzene ring substituents is 1. The molecule has 4 nitrogen and oxygen atoms in total. The Morgan fingerprint density at radius 1 is 1.40 bits per heavy atom. The first-order valence-corrected chi connectivity index (χ1v) is 4.91. The molecule has 0 atom stereocenters. The number of hydrogen-bond acceptors (Lipinski definition) is 3. The number of ketones is 1. The Bertz CT molecular complexity index is 399. The average Bonchev–Trinajstić information content (AvgIpc) is 2.26. The van der Waals surface area contributed by atoms with Gasteiger partial charge in [-0.15, -0.1) is 0 Å². The lowest BCUT2D eigenvalue weighted by molar-refractivity contribution is -0.385. The standard InChI is InChI=1S/C11H13NO3/c1-3-8-6-5-7-9(10(13)4-2)11(8)12(14)15/h5-7H,3-4H2,1-2H3. The average molecular weight is 207 g/mol. The summed E-state index contributed by atoms with van der Waals surface area (Å²) in [5.41, 5.74) is 0.799. The van der Waals surface area contributed by atoms with Crippen molar-refractivity contribution in [3.8, 4) is 0 Å². The molecule has 0 spiro atoms. The predicted octanol–water partition coefficient (Wildman–Crippen LogP) is 2.75. The van der Waals surface area contributed by atoms with E-state index in [1.54, 1.807) is 19.1 Å². The fraction of sp³-hybridized carbons (Fsp3) is 0.364. The number of carbonyl (C=O) groups excluding carboxylic acids is 1. The van der Waals surface area contributed by atoms with Crippen molar-refractivity contribution in [2.24, 2.45) is 0 Å². The van der Waals surface area contributed by atoms with Crippen LogP contribution in [0.5, 0.6) is 0 Å². The molecular weight excluding hydrogens is 194 g/mol. The van der Waals surface area contributed by atoms with E-state index >= 15 is 0 Å². The summed E-state index contributed by atoms with van der Waals surface area (Å²) in [7, 11) is 0. The van der Waals surface area contributed by atoms with Gasteiger partial charge in [-0.1, -0.05) is 26.0 Å². The number of hydrogen-bond donors (Lipinski definition) is 0. The van der Waals surface area contributed by atoms with Gasteiger partial charge in [0, 0.05) is 12.0 Å². The molecule has 0 aliphatic rings. The van der Waals surface area contributed by atoms with E-state index in [-0.39, 0.29) is 23.5 Å². The normalized spacial score (nSPS) is 10.0. The lowest BCUT2D eigenvalue weighted by atomic mass is 10.0. The highest BCUT2D eigenvalue weighted by Gasteiger charge is 2.21. The second-order valence-corrected chi connectivity index (χ2v) is 3.20. The Kier molecular flexibility index (Phi) is 3.55. The number of aryl methyl sites for hydroxylation is 1. The van der Waals surface area contributed by atoms with E-state index in [1.807, 2.05) is 6.92 Å². The summed E-state index contributed by atoms with van der Waals surface area (Å²) in [6.07, 6.45) is 0.842. The van der Waals surface area contributed by atoms with Gasteiger partial charge in [-0.3, -0.25) is 14.9 Å². The molecule has 0 radical (unpaired) electrons. The maximum absolute atomic E-state index is 11.5. The van der Waals surface area contributed by atoms with Crippen LogP contribution in [0.1, 0.15) is 36.2 Å². The molecule has 0 amide bonds. The van der Waals surface area contributed by atoms with Crippen molar-refractivity contribution in [2.75, 3.05) is 0 Å². The number of para-hydroxylation sites is 1. The van der Waals surface area contributed by atoms with Crippen LogP contribution in [0.15, 0.2) is 18.2 Å². The molecule has 1 rings (SSSR count). The molecule has 4 heteroatoms. The van der Waals surface area contributed by atoms with Gasteiger partial charge in [0.15, 0.2) is 5.78 Å². The topological polar surface area (TPSA) is 60.2 Å². The molecule has 0 aliphatic carbocycles. The molecule has 15 heavy (non-hydrogen) atoms. The molecule has 0 bridgehead atoms. The van der Waals surface area contributed by atoms with Crippen LogP contribution in [0.4, 0.5) is 5.69 Å². The van der Waals surface area contributed by atoms with Gasteiger partial charge in [0.1, 0.15) is 0 Å². The van der Waals surface area contributed by atoms with E-state index < -0.39 is 4.92 Å². The number of carbonyl (C=O) groups is 1. The lowest BCUT2D eigenvalue weighted by Gasteiger charge is -2.04. The maximum atomic E-state index is 11.5. The quantitative estimate of drug-likeness (QED) is 0.433. The summed E-state index contributed by atoms with van der Waals surface area (Å²) in [4.78, 5) is 21.9. The van der Waals surface area contributed by atoms with E-state index in [1.165, 1.54) is 6.07 Å². The zero-order chi connectivity index (χ0) is 11.4. The Hall–Kier alpha value is -1.71. The van der Waals surface area contributed by atoms with Crippen LogP contribution in [-0.2, 0) is 6.42 Å². The molecule has 1 aromatic rings. The van der Waals surface area contributed by atoms with Gasteiger partial charge >= 0.3 is 0 Å². The van der Waals surface area contributed by atoms with Crippen LogP contribution in [0, 0.1) is 10.1 Å². The molecule has 0 aliphatic heterocycles. The molecule has 80 valence electrons.